The van der Waals surface area contributed by atoms with Crippen LogP contribution in [0.15, 0.2) is 42.5 Å². The molecule has 0 radical (unpaired) electrons. The second-order valence-electron chi connectivity index (χ2n) is 8.33. The zero-order chi connectivity index (χ0) is 21.2. The highest BCUT2D eigenvalue weighted by Gasteiger charge is 2.40. The molecule has 2 nitrogen and oxygen atoms in total. The molecule has 2 aromatic carbocycles. The van der Waals surface area contributed by atoms with Gasteiger partial charge in [0.25, 0.3) is 0 Å². The van der Waals surface area contributed by atoms with Gasteiger partial charge in [-0.05, 0) is 65.8 Å². The minimum atomic E-state index is -1.21. The number of fused-ring (bicyclic) bond motifs is 1. The number of hydrogen-bond acceptors (Lipinski definition) is 3. The predicted octanol–water partition coefficient (Wildman–Crippen LogP) is 7.14. The highest BCUT2D eigenvalue weighted by molar-refractivity contribution is 7.98. The lowest BCUT2D eigenvalue weighted by Gasteiger charge is -2.45. The van der Waals surface area contributed by atoms with Gasteiger partial charge in [0.2, 0.25) is 3.79 Å². The van der Waals surface area contributed by atoms with Crippen molar-refractivity contribution < 1.29 is 4.74 Å². The summed E-state index contributed by atoms with van der Waals surface area (Å²) >= 11 is 19.8. The summed E-state index contributed by atoms with van der Waals surface area (Å²) in [6.07, 6.45) is 4.06. The number of nitrogens with zero attached hydrogens (tertiary/aromatic N) is 1. The van der Waals surface area contributed by atoms with E-state index < -0.39 is 3.79 Å². The van der Waals surface area contributed by atoms with E-state index in [1.807, 2.05) is 11.8 Å². The molecule has 162 valence electrons. The highest BCUT2D eigenvalue weighted by atomic mass is 35.6. The molecule has 1 spiro atoms. The van der Waals surface area contributed by atoms with Gasteiger partial charge in [0, 0.05) is 25.4 Å². The Hall–Kier alpha value is -0.580. The first-order chi connectivity index (χ1) is 14.4. The molecule has 0 N–H and O–H groups in total. The third-order valence-electron chi connectivity index (χ3n) is 6.17. The SMILES string of the molecule is CCSCc1ccc(-c2ccc3c(c2)CCC2(CCN(CC(Cl)(Cl)Cl)CC2)O3)cc1. The summed E-state index contributed by atoms with van der Waals surface area (Å²) in [6.45, 7) is 4.49. The second kappa shape index (κ2) is 9.50. The van der Waals surface area contributed by atoms with Crippen LogP contribution in [-0.2, 0) is 12.2 Å². The summed E-state index contributed by atoms with van der Waals surface area (Å²) in [5.74, 6) is 3.27. The molecule has 0 bridgehead atoms. The Kier molecular flexibility index (Phi) is 7.16. The predicted molar refractivity (Wildman–Crippen MR) is 131 cm³/mol. The molecule has 1 fully saturated rings. The lowest BCUT2D eigenvalue weighted by molar-refractivity contribution is -0.0139. The average Bonchev–Trinajstić information content (AvgIpc) is 2.73. The van der Waals surface area contributed by atoms with Gasteiger partial charge in [-0.15, -0.1) is 0 Å². The van der Waals surface area contributed by atoms with E-state index in [9.17, 15) is 0 Å². The zero-order valence-electron chi connectivity index (χ0n) is 17.3. The van der Waals surface area contributed by atoms with Gasteiger partial charge in [0.05, 0.1) is 0 Å². The quantitative estimate of drug-likeness (QED) is 0.419. The fraction of sp³-hybridized carbons (Fsp3) is 0.500. The van der Waals surface area contributed by atoms with E-state index in [2.05, 4.69) is 54.3 Å². The molecule has 2 heterocycles. The molecule has 0 unspecified atom stereocenters. The van der Waals surface area contributed by atoms with Crippen LogP contribution in [-0.4, -0.2) is 39.7 Å². The number of aryl methyl sites for hydroxylation is 1. The number of hydrogen-bond donors (Lipinski definition) is 0. The molecule has 0 saturated carbocycles. The van der Waals surface area contributed by atoms with Crippen molar-refractivity contribution in [2.75, 3.05) is 25.4 Å². The van der Waals surface area contributed by atoms with E-state index >= 15 is 0 Å². The van der Waals surface area contributed by atoms with Crippen molar-refractivity contribution in [3.05, 3.63) is 53.6 Å². The van der Waals surface area contributed by atoms with Crippen molar-refractivity contribution >= 4 is 46.6 Å². The topological polar surface area (TPSA) is 12.5 Å². The Morgan fingerprint density at radius 3 is 2.37 bits per heavy atom. The molecular weight excluding hydrogens is 457 g/mol. The van der Waals surface area contributed by atoms with Gasteiger partial charge < -0.3 is 4.74 Å². The van der Waals surface area contributed by atoms with E-state index in [0.717, 1.165) is 56.0 Å². The van der Waals surface area contributed by atoms with Crippen LogP contribution in [0.3, 0.4) is 0 Å². The van der Waals surface area contributed by atoms with Crippen LogP contribution in [0.25, 0.3) is 11.1 Å². The van der Waals surface area contributed by atoms with Gasteiger partial charge in [0.1, 0.15) is 11.4 Å². The Labute approximate surface area is 199 Å². The maximum absolute atomic E-state index is 6.56. The summed E-state index contributed by atoms with van der Waals surface area (Å²) < 4.78 is 5.35. The van der Waals surface area contributed by atoms with E-state index in [-0.39, 0.29) is 5.60 Å². The smallest absolute Gasteiger partial charge is 0.203 e. The minimum absolute atomic E-state index is 0.0722. The largest absolute Gasteiger partial charge is 0.487 e. The molecule has 2 aliphatic heterocycles. The van der Waals surface area contributed by atoms with E-state index in [4.69, 9.17) is 39.5 Å². The van der Waals surface area contributed by atoms with Crippen LogP contribution < -0.4 is 4.74 Å². The third kappa shape index (κ3) is 5.61. The molecule has 6 heteroatoms. The molecule has 2 aromatic rings. The molecule has 30 heavy (non-hydrogen) atoms. The van der Waals surface area contributed by atoms with Crippen LogP contribution in [0.5, 0.6) is 5.75 Å². The van der Waals surface area contributed by atoms with Crippen LogP contribution in [0.4, 0.5) is 0 Å². The van der Waals surface area contributed by atoms with Gasteiger partial charge in [-0.2, -0.15) is 11.8 Å². The van der Waals surface area contributed by atoms with Crippen LogP contribution in [0, 0.1) is 0 Å². The summed E-state index contributed by atoms with van der Waals surface area (Å²) in [6, 6.07) is 15.6. The fourth-order valence-electron chi connectivity index (χ4n) is 4.44. The summed E-state index contributed by atoms with van der Waals surface area (Å²) in [7, 11) is 0. The van der Waals surface area contributed by atoms with Crippen molar-refractivity contribution in [3.63, 3.8) is 0 Å². The van der Waals surface area contributed by atoms with Gasteiger partial charge in [-0.1, -0.05) is 72.1 Å². The number of alkyl halides is 3. The number of piperidine rings is 1. The summed E-state index contributed by atoms with van der Waals surface area (Å²) in [5, 5.41) is 0. The van der Waals surface area contributed by atoms with Gasteiger partial charge in [-0.3, -0.25) is 4.90 Å². The van der Waals surface area contributed by atoms with Crippen molar-refractivity contribution in [2.45, 2.75) is 47.8 Å². The lowest BCUT2D eigenvalue weighted by atomic mass is 9.82. The van der Waals surface area contributed by atoms with Gasteiger partial charge in [0.15, 0.2) is 0 Å². The first-order valence-corrected chi connectivity index (χ1v) is 12.9. The number of halogens is 3. The Morgan fingerprint density at radius 1 is 1.00 bits per heavy atom. The normalized spacial score (nSPS) is 18.8. The number of benzene rings is 2. The number of ether oxygens (including phenoxy) is 1. The second-order valence-corrected chi connectivity index (χ2v) is 12.1. The Bertz CT molecular complexity index is 858. The molecular formula is C24H28Cl3NOS. The molecule has 0 aromatic heterocycles. The first kappa shape index (κ1) is 22.6. The zero-order valence-corrected chi connectivity index (χ0v) is 20.4. The maximum atomic E-state index is 6.56. The number of rotatable bonds is 5. The van der Waals surface area contributed by atoms with Gasteiger partial charge in [-0.25, -0.2) is 0 Å². The standard InChI is InChI=1S/C24H28Cl3NOS/c1-2-30-16-18-3-5-19(6-4-18)20-7-8-22-21(15-20)9-10-23(29-22)11-13-28(14-12-23)17-24(25,26)27/h3-8,15H,2,9-14,16-17H2,1H3. The van der Waals surface area contributed by atoms with E-state index in [0.29, 0.717) is 6.54 Å². The number of thioether (sulfide) groups is 1. The monoisotopic (exact) mass is 483 g/mol. The van der Waals surface area contributed by atoms with Crippen molar-refractivity contribution in [1.29, 1.82) is 0 Å². The molecule has 0 atom stereocenters. The van der Waals surface area contributed by atoms with E-state index in [1.54, 1.807) is 0 Å². The fourth-order valence-corrected chi connectivity index (χ4v) is 5.58. The van der Waals surface area contributed by atoms with Crippen molar-refractivity contribution in [3.8, 4) is 16.9 Å². The summed E-state index contributed by atoms with van der Waals surface area (Å²) in [5.41, 5.74) is 5.16. The molecule has 1 saturated heterocycles. The van der Waals surface area contributed by atoms with Crippen LogP contribution >= 0.6 is 46.6 Å². The van der Waals surface area contributed by atoms with Gasteiger partial charge >= 0.3 is 0 Å². The molecule has 4 rings (SSSR count). The minimum Gasteiger partial charge on any atom is -0.487 e. The van der Waals surface area contributed by atoms with Crippen LogP contribution in [0.1, 0.15) is 37.3 Å². The highest BCUT2D eigenvalue weighted by Crippen LogP contribution is 2.41. The first-order valence-electron chi connectivity index (χ1n) is 10.6. The molecule has 0 amide bonds. The lowest BCUT2D eigenvalue weighted by Crippen LogP contribution is -2.51. The van der Waals surface area contributed by atoms with Crippen molar-refractivity contribution in [2.24, 2.45) is 0 Å². The average molecular weight is 485 g/mol. The Morgan fingerprint density at radius 2 is 1.70 bits per heavy atom. The Balaban J connectivity index is 1.41. The summed E-state index contributed by atoms with van der Waals surface area (Å²) in [4.78, 5) is 2.23. The third-order valence-corrected chi connectivity index (χ3v) is 7.47. The molecule has 0 aliphatic carbocycles. The van der Waals surface area contributed by atoms with Crippen molar-refractivity contribution in [1.82, 2.24) is 4.90 Å². The number of likely N-dealkylation sites (tertiary alicyclic amines) is 1. The van der Waals surface area contributed by atoms with Crippen LogP contribution in [0.2, 0.25) is 0 Å². The molecule has 2 aliphatic rings. The van der Waals surface area contributed by atoms with E-state index in [1.165, 1.54) is 22.3 Å². The maximum Gasteiger partial charge on any atom is 0.203 e.